The van der Waals surface area contributed by atoms with Gasteiger partial charge in [0.25, 0.3) is 0 Å². The number of nitrogens with zero attached hydrogens (tertiary/aromatic N) is 2. The van der Waals surface area contributed by atoms with Crippen LogP contribution in [0, 0.1) is 0 Å². The molecule has 0 fully saturated rings. The Morgan fingerprint density at radius 1 is 0.688 bits per heavy atom. The van der Waals surface area contributed by atoms with Gasteiger partial charge < -0.3 is 9.80 Å². The van der Waals surface area contributed by atoms with Crippen LogP contribution >= 0.6 is 0 Å². The number of hydrogen-bond donors (Lipinski definition) is 0. The van der Waals surface area contributed by atoms with Gasteiger partial charge >= 0.3 is 0 Å². The summed E-state index contributed by atoms with van der Waals surface area (Å²) in [5.74, 6) is 0. The molecule has 1 aromatic rings. The lowest BCUT2D eigenvalue weighted by molar-refractivity contribution is 0.317. The van der Waals surface area contributed by atoms with Crippen LogP contribution in [0.25, 0.3) is 0 Å². The lowest BCUT2D eigenvalue weighted by atomic mass is 10.0. The van der Waals surface area contributed by atoms with Gasteiger partial charge in [-0.3, -0.25) is 0 Å². The molecule has 1 aromatic carbocycles. The van der Waals surface area contributed by atoms with Gasteiger partial charge in [-0.1, -0.05) is 24.3 Å². The van der Waals surface area contributed by atoms with Gasteiger partial charge in [0, 0.05) is 12.1 Å². The first-order chi connectivity index (χ1) is 7.43. The lowest BCUT2D eigenvalue weighted by Gasteiger charge is -2.23. The minimum absolute atomic E-state index is 0.476. The molecule has 2 heteroatoms. The van der Waals surface area contributed by atoms with E-state index in [0.717, 1.165) is 0 Å². The van der Waals surface area contributed by atoms with Crippen LogP contribution < -0.4 is 0 Å². The Balaban J connectivity index is 2.83. The zero-order valence-corrected chi connectivity index (χ0v) is 11.4. The van der Waals surface area contributed by atoms with Crippen molar-refractivity contribution in [3.63, 3.8) is 0 Å². The fourth-order valence-corrected chi connectivity index (χ4v) is 1.65. The summed E-state index contributed by atoms with van der Waals surface area (Å²) < 4.78 is 0. The molecule has 0 aliphatic carbocycles. The Morgan fingerprint density at radius 3 is 1.12 bits per heavy atom. The van der Waals surface area contributed by atoms with E-state index in [1.54, 1.807) is 0 Å². The maximum atomic E-state index is 2.24. The van der Waals surface area contributed by atoms with Crippen LogP contribution in [0.4, 0.5) is 0 Å². The summed E-state index contributed by atoms with van der Waals surface area (Å²) in [5, 5.41) is 0. The van der Waals surface area contributed by atoms with Crippen LogP contribution in [-0.4, -0.2) is 38.0 Å². The Kier molecular flexibility index (Phi) is 4.51. The van der Waals surface area contributed by atoms with Gasteiger partial charge in [0.05, 0.1) is 0 Å². The minimum atomic E-state index is 0.476. The molecule has 16 heavy (non-hydrogen) atoms. The zero-order valence-electron chi connectivity index (χ0n) is 11.4. The van der Waals surface area contributed by atoms with E-state index in [2.05, 4.69) is 76.1 Å². The van der Waals surface area contributed by atoms with Crippen molar-refractivity contribution in [3.8, 4) is 0 Å². The van der Waals surface area contributed by atoms with Crippen molar-refractivity contribution < 1.29 is 0 Å². The zero-order chi connectivity index (χ0) is 12.3. The monoisotopic (exact) mass is 220 g/mol. The highest BCUT2D eigenvalue weighted by molar-refractivity contribution is 5.26. The normalized spacial score (nSPS) is 15.5. The van der Waals surface area contributed by atoms with Crippen LogP contribution in [-0.2, 0) is 0 Å². The Bertz CT molecular complexity index is 281. The summed E-state index contributed by atoms with van der Waals surface area (Å²) >= 11 is 0. The summed E-state index contributed by atoms with van der Waals surface area (Å²) in [7, 11) is 8.45. The van der Waals surface area contributed by atoms with E-state index in [9.17, 15) is 0 Å². The molecule has 0 saturated carbocycles. The molecule has 1 rings (SSSR count). The molecular formula is C14H24N2. The third-order valence-electron chi connectivity index (χ3n) is 3.45. The Labute approximate surface area is 99.9 Å². The topological polar surface area (TPSA) is 6.48 Å². The van der Waals surface area contributed by atoms with E-state index in [1.807, 2.05) is 0 Å². The third kappa shape index (κ3) is 3.06. The van der Waals surface area contributed by atoms with Gasteiger partial charge in [0.2, 0.25) is 0 Å². The van der Waals surface area contributed by atoms with Crippen molar-refractivity contribution in [3.05, 3.63) is 35.4 Å². The molecular weight excluding hydrogens is 196 g/mol. The number of hydrogen-bond acceptors (Lipinski definition) is 2. The molecule has 2 atom stereocenters. The molecule has 0 N–H and O–H groups in total. The van der Waals surface area contributed by atoms with Crippen LogP contribution in [0.5, 0.6) is 0 Å². The molecule has 0 aliphatic rings. The van der Waals surface area contributed by atoms with Crippen LogP contribution in [0.2, 0.25) is 0 Å². The van der Waals surface area contributed by atoms with Crippen molar-refractivity contribution >= 4 is 0 Å². The molecule has 0 heterocycles. The van der Waals surface area contributed by atoms with Crippen LogP contribution in [0.1, 0.15) is 37.1 Å². The molecule has 0 saturated heterocycles. The summed E-state index contributed by atoms with van der Waals surface area (Å²) in [6.07, 6.45) is 0. The van der Waals surface area contributed by atoms with Gasteiger partial charge in [0.15, 0.2) is 0 Å². The van der Waals surface area contributed by atoms with Crippen LogP contribution in [0.15, 0.2) is 24.3 Å². The van der Waals surface area contributed by atoms with E-state index in [0.29, 0.717) is 12.1 Å². The number of benzene rings is 1. The second-order valence-electron chi connectivity index (χ2n) is 4.95. The summed E-state index contributed by atoms with van der Waals surface area (Å²) in [4.78, 5) is 4.45. The molecule has 0 bridgehead atoms. The molecule has 0 spiro atoms. The van der Waals surface area contributed by atoms with Gasteiger partial charge in [-0.05, 0) is 53.2 Å². The minimum Gasteiger partial charge on any atom is -0.303 e. The first-order valence-corrected chi connectivity index (χ1v) is 5.86. The highest BCUT2D eigenvalue weighted by Crippen LogP contribution is 2.22. The van der Waals surface area contributed by atoms with E-state index >= 15 is 0 Å². The highest BCUT2D eigenvalue weighted by Gasteiger charge is 2.10. The van der Waals surface area contributed by atoms with Crippen molar-refractivity contribution in [2.45, 2.75) is 25.9 Å². The smallest absolute Gasteiger partial charge is 0.0313 e. The molecule has 2 nitrogen and oxygen atoms in total. The predicted octanol–water partition coefficient (Wildman–Crippen LogP) is 2.93. The SMILES string of the molecule is CC(c1ccc(C(C)N(C)C)cc1)N(C)C. The summed E-state index contributed by atoms with van der Waals surface area (Å²) in [6, 6.07) is 9.90. The van der Waals surface area contributed by atoms with E-state index in [-0.39, 0.29) is 0 Å². The fourth-order valence-electron chi connectivity index (χ4n) is 1.65. The maximum Gasteiger partial charge on any atom is 0.0313 e. The first kappa shape index (κ1) is 13.2. The Morgan fingerprint density at radius 2 is 0.938 bits per heavy atom. The van der Waals surface area contributed by atoms with E-state index in [4.69, 9.17) is 0 Å². The van der Waals surface area contributed by atoms with Gasteiger partial charge in [-0.2, -0.15) is 0 Å². The van der Waals surface area contributed by atoms with Crippen molar-refractivity contribution in [2.24, 2.45) is 0 Å². The fraction of sp³-hybridized carbons (Fsp3) is 0.571. The van der Waals surface area contributed by atoms with Gasteiger partial charge in [-0.15, -0.1) is 0 Å². The van der Waals surface area contributed by atoms with Crippen LogP contribution in [0.3, 0.4) is 0 Å². The third-order valence-corrected chi connectivity index (χ3v) is 3.45. The summed E-state index contributed by atoms with van der Waals surface area (Å²) in [6.45, 7) is 4.45. The average molecular weight is 220 g/mol. The lowest BCUT2D eigenvalue weighted by Crippen LogP contribution is -2.18. The molecule has 0 radical (unpaired) electrons. The highest BCUT2D eigenvalue weighted by atomic mass is 15.1. The van der Waals surface area contributed by atoms with Gasteiger partial charge in [0.1, 0.15) is 0 Å². The first-order valence-electron chi connectivity index (χ1n) is 5.86. The molecule has 0 aliphatic heterocycles. The average Bonchev–Trinajstić information content (AvgIpc) is 2.27. The summed E-state index contributed by atoms with van der Waals surface area (Å²) in [5.41, 5.74) is 2.75. The van der Waals surface area contributed by atoms with Crippen molar-refractivity contribution in [1.82, 2.24) is 9.80 Å². The Hall–Kier alpha value is -0.860. The predicted molar refractivity (Wildman–Crippen MR) is 70.6 cm³/mol. The second kappa shape index (κ2) is 5.46. The second-order valence-corrected chi connectivity index (χ2v) is 4.95. The van der Waals surface area contributed by atoms with Crippen molar-refractivity contribution in [2.75, 3.05) is 28.2 Å². The van der Waals surface area contributed by atoms with Gasteiger partial charge in [-0.25, -0.2) is 0 Å². The largest absolute Gasteiger partial charge is 0.303 e. The maximum absolute atomic E-state index is 2.24. The molecule has 90 valence electrons. The quantitative estimate of drug-likeness (QED) is 0.770. The van der Waals surface area contributed by atoms with E-state index in [1.165, 1.54) is 11.1 Å². The molecule has 0 amide bonds. The standard InChI is InChI=1S/C14H24N2/c1-11(15(3)4)13-7-9-14(10-8-13)12(2)16(5)6/h7-12H,1-6H3. The van der Waals surface area contributed by atoms with E-state index < -0.39 is 0 Å². The molecule has 2 unspecified atom stereocenters. The molecule has 0 aromatic heterocycles. The number of rotatable bonds is 4. The van der Waals surface area contributed by atoms with Crippen molar-refractivity contribution in [1.29, 1.82) is 0 Å².